The van der Waals surface area contributed by atoms with Gasteiger partial charge in [-0.1, -0.05) is 26.0 Å². The van der Waals surface area contributed by atoms with E-state index in [4.69, 9.17) is 5.11 Å². The van der Waals surface area contributed by atoms with Gasteiger partial charge in [-0.15, -0.1) is 0 Å². The minimum Gasteiger partial charge on any atom is -0.396 e. The van der Waals surface area contributed by atoms with Gasteiger partial charge in [0.25, 0.3) is 0 Å². The number of hydrogen-bond acceptors (Lipinski definition) is 3. The molecule has 0 spiro atoms. The van der Waals surface area contributed by atoms with Crippen molar-refractivity contribution in [2.45, 2.75) is 32.9 Å². The zero-order valence-electron chi connectivity index (χ0n) is 13.0. The van der Waals surface area contributed by atoms with Gasteiger partial charge < -0.3 is 15.0 Å². The first-order valence-electron chi connectivity index (χ1n) is 7.51. The summed E-state index contributed by atoms with van der Waals surface area (Å²) in [7, 11) is 0. The Hall–Kier alpha value is -2.14. The van der Waals surface area contributed by atoms with Crippen molar-refractivity contribution in [2.24, 2.45) is 5.92 Å². The molecule has 2 N–H and O–H groups in total. The van der Waals surface area contributed by atoms with Crippen molar-refractivity contribution < 1.29 is 9.90 Å². The average Bonchev–Trinajstić information content (AvgIpc) is 2.50. The predicted molar refractivity (Wildman–Crippen MR) is 86.7 cm³/mol. The molecule has 0 saturated carbocycles. The number of carbonyl (C=O) groups excluding carboxylic acids is 1. The Bertz CT molecular complexity index is 706. The van der Waals surface area contributed by atoms with Crippen molar-refractivity contribution >= 4 is 16.8 Å². The van der Waals surface area contributed by atoms with E-state index in [1.807, 2.05) is 32.0 Å². The second-order valence-corrected chi connectivity index (χ2v) is 5.76. The Labute approximate surface area is 129 Å². The number of aliphatic hydroxyl groups excluding tert-OH is 1. The number of benzene rings is 1. The maximum absolute atomic E-state index is 12.2. The molecule has 5 nitrogen and oxygen atoms in total. The fourth-order valence-electron chi connectivity index (χ4n) is 2.52. The van der Waals surface area contributed by atoms with Crippen molar-refractivity contribution in [1.29, 1.82) is 0 Å². The molecule has 1 atom stereocenters. The molecule has 2 rings (SSSR count). The van der Waals surface area contributed by atoms with Crippen LogP contribution in [0.1, 0.15) is 20.3 Å². The zero-order valence-corrected chi connectivity index (χ0v) is 13.0. The molecule has 1 amide bonds. The molecule has 0 bridgehead atoms. The Morgan fingerprint density at radius 1 is 1.27 bits per heavy atom. The predicted octanol–water partition coefficient (Wildman–Crippen LogP) is 1.52. The van der Waals surface area contributed by atoms with Gasteiger partial charge in [0.05, 0.1) is 5.52 Å². The standard InChI is InChI=1S/C17H22N2O3/c1-12(2)14(8-10-20)18-17(22)11-19-9-7-16(21)13-5-3-4-6-15(13)19/h3-7,9,12,14,20H,8,10-11H2,1-2H3,(H,18,22). The Morgan fingerprint density at radius 2 is 2.00 bits per heavy atom. The van der Waals surface area contributed by atoms with Gasteiger partial charge in [0.1, 0.15) is 6.54 Å². The van der Waals surface area contributed by atoms with Crippen molar-refractivity contribution in [3.05, 3.63) is 46.8 Å². The van der Waals surface area contributed by atoms with Gasteiger partial charge in [0, 0.05) is 30.3 Å². The van der Waals surface area contributed by atoms with Crippen LogP contribution in [0, 0.1) is 5.92 Å². The van der Waals surface area contributed by atoms with Crippen LogP contribution < -0.4 is 10.7 Å². The van der Waals surface area contributed by atoms with E-state index in [0.29, 0.717) is 11.8 Å². The lowest BCUT2D eigenvalue weighted by Gasteiger charge is -2.22. The lowest BCUT2D eigenvalue weighted by molar-refractivity contribution is -0.122. The molecule has 118 valence electrons. The molecule has 5 heteroatoms. The Balaban J connectivity index is 2.19. The van der Waals surface area contributed by atoms with Gasteiger partial charge in [-0.25, -0.2) is 0 Å². The molecule has 1 unspecified atom stereocenters. The highest BCUT2D eigenvalue weighted by Gasteiger charge is 2.16. The van der Waals surface area contributed by atoms with E-state index in [9.17, 15) is 9.59 Å². The van der Waals surface area contributed by atoms with Crippen LogP contribution in [0.3, 0.4) is 0 Å². The molecule has 0 aliphatic rings. The molecule has 1 aromatic carbocycles. The van der Waals surface area contributed by atoms with E-state index in [0.717, 1.165) is 5.52 Å². The highest BCUT2D eigenvalue weighted by Crippen LogP contribution is 2.10. The monoisotopic (exact) mass is 302 g/mol. The number of carbonyl (C=O) groups is 1. The number of pyridine rings is 1. The number of rotatable bonds is 6. The van der Waals surface area contributed by atoms with E-state index >= 15 is 0 Å². The quantitative estimate of drug-likeness (QED) is 0.850. The van der Waals surface area contributed by atoms with Crippen LogP contribution in [0.4, 0.5) is 0 Å². The summed E-state index contributed by atoms with van der Waals surface area (Å²) in [5.41, 5.74) is 0.695. The minimum absolute atomic E-state index is 0.0457. The number of aromatic nitrogens is 1. The normalized spacial score (nSPS) is 12.5. The summed E-state index contributed by atoms with van der Waals surface area (Å²) in [6.07, 6.45) is 2.18. The SMILES string of the molecule is CC(C)C(CCO)NC(=O)Cn1ccc(=O)c2ccccc21. The first-order valence-corrected chi connectivity index (χ1v) is 7.51. The van der Waals surface area contributed by atoms with Crippen LogP contribution in [0.2, 0.25) is 0 Å². The number of amides is 1. The van der Waals surface area contributed by atoms with Gasteiger partial charge in [-0.2, -0.15) is 0 Å². The van der Waals surface area contributed by atoms with Crippen LogP contribution in [0.25, 0.3) is 10.9 Å². The maximum atomic E-state index is 12.2. The fourth-order valence-corrected chi connectivity index (χ4v) is 2.52. The van der Waals surface area contributed by atoms with E-state index < -0.39 is 0 Å². The second kappa shape index (κ2) is 7.22. The summed E-state index contributed by atoms with van der Waals surface area (Å²) < 4.78 is 1.77. The summed E-state index contributed by atoms with van der Waals surface area (Å²) in [6, 6.07) is 8.67. The number of fused-ring (bicyclic) bond motifs is 1. The Morgan fingerprint density at radius 3 is 2.68 bits per heavy atom. The second-order valence-electron chi connectivity index (χ2n) is 5.76. The largest absolute Gasteiger partial charge is 0.396 e. The van der Waals surface area contributed by atoms with Crippen molar-refractivity contribution in [3.63, 3.8) is 0 Å². The highest BCUT2D eigenvalue weighted by molar-refractivity contribution is 5.82. The van der Waals surface area contributed by atoms with Crippen LogP contribution in [0.5, 0.6) is 0 Å². The van der Waals surface area contributed by atoms with E-state index in [-0.39, 0.29) is 36.4 Å². The third-order valence-electron chi connectivity index (χ3n) is 3.79. The first kappa shape index (κ1) is 16.2. The molecule has 2 aromatic rings. The van der Waals surface area contributed by atoms with E-state index in [2.05, 4.69) is 5.32 Å². The smallest absolute Gasteiger partial charge is 0.240 e. The summed E-state index contributed by atoms with van der Waals surface area (Å²) in [5, 5.41) is 12.6. The number of aliphatic hydroxyl groups is 1. The minimum atomic E-state index is -0.124. The van der Waals surface area contributed by atoms with Crippen molar-refractivity contribution in [1.82, 2.24) is 9.88 Å². The van der Waals surface area contributed by atoms with Crippen LogP contribution in [-0.2, 0) is 11.3 Å². The van der Waals surface area contributed by atoms with Crippen LogP contribution in [0.15, 0.2) is 41.3 Å². The van der Waals surface area contributed by atoms with Crippen LogP contribution >= 0.6 is 0 Å². The van der Waals surface area contributed by atoms with Crippen LogP contribution in [-0.4, -0.2) is 28.2 Å². The number of para-hydroxylation sites is 1. The van der Waals surface area contributed by atoms with Gasteiger partial charge in [0.15, 0.2) is 5.43 Å². The average molecular weight is 302 g/mol. The maximum Gasteiger partial charge on any atom is 0.240 e. The topological polar surface area (TPSA) is 71.3 Å². The zero-order chi connectivity index (χ0) is 16.1. The summed E-state index contributed by atoms with van der Waals surface area (Å²) in [6.45, 7) is 4.21. The van der Waals surface area contributed by atoms with Gasteiger partial charge in [-0.3, -0.25) is 9.59 Å². The lowest BCUT2D eigenvalue weighted by Crippen LogP contribution is -2.40. The van der Waals surface area contributed by atoms with Gasteiger partial charge in [-0.05, 0) is 24.5 Å². The molecule has 0 aliphatic carbocycles. The number of nitrogens with one attached hydrogen (secondary N) is 1. The highest BCUT2D eigenvalue weighted by atomic mass is 16.3. The summed E-state index contributed by atoms with van der Waals surface area (Å²) in [4.78, 5) is 24.1. The molecule has 1 heterocycles. The number of nitrogens with zero attached hydrogens (tertiary/aromatic N) is 1. The molecule has 0 aliphatic heterocycles. The third-order valence-corrected chi connectivity index (χ3v) is 3.79. The molecule has 1 aromatic heterocycles. The molecule has 22 heavy (non-hydrogen) atoms. The fraction of sp³-hybridized carbons (Fsp3) is 0.412. The lowest BCUT2D eigenvalue weighted by atomic mass is 10.0. The van der Waals surface area contributed by atoms with Gasteiger partial charge >= 0.3 is 0 Å². The van der Waals surface area contributed by atoms with Crippen molar-refractivity contribution in [3.8, 4) is 0 Å². The van der Waals surface area contributed by atoms with Gasteiger partial charge in [0.2, 0.25) is 5.91 Å². The molecule has 0 fully saturated rings. The van der Waals surface area contributed by atoms with E-state index in [1.165, 1.54) is 6.07 Å². The Kier molecular flexibility index (Phi) is 5.33. The third kappa shape index (κ3) is 3.74. The molecule has 0 radical (unpaired) electrons. The molecular formula is C17H22N2O3. The molecule has 0 saturated heterocycles. The van der Waals surface area contributed by atoms with Crippen molar-refractivity contribution in [2.75, 3.05) is 6.61 Å². The number of hydrogen-bond donors (Lipinski definition) is 2. The first-order chi connectivity index (χ1) is 10.5. The molecular weight excluding hydrogens is 280 g/mol. The summed E-state index contributed by atoms with van der Waals surface area (Å²) in [5.74, 6) is 0.128. The van der Waals surface area contributed by atoms with E-state index in [1.54, 1.807) is 16.8 Å². The summed E-state index contributed by atoms with van der Waals surface area (Å²) >= 11 is 0.